The zero-order chi connectivity index (χ0) is 19.2. The van der Waals surface area contributed by atoms with E-state index in [2.05, 4.69) is 27.0 Å². The Morgan fingerprint density at radius 2 is 2.00 bits per heavy atom. The van der Waals surface area contributed by atoms with Gasteiger partial charge in [0.2, 0.25) is 5.88 Å². The number of aromatic nitrogens is 4. The molecule has 138 valence electrons. The van der Waals surface area contributed by atoms with Crippen LogP contribution in [0.4, 0.5) is 10.2 Å². The van der Waals surface area contributed by atoms with Gasteiger partial charge in [0, 0.05) is 22.9 Å². The molecule has 0 fully saturated rings. The lowest BCUT2D eigenvalue weighted by Crippen LogP contribution is -2.17. The zero-order valence-corrected chi connectivity index (χ0v) is 15.5. The number of hydrogen-bond acceptors (Lipinski definition) is 5. The van der Waals surface area contributed by atoms with E-state index in [1.807, 2.05) is 13.8 Å². The molecule has 0 bridgehead atoms. The summed E-state index contributed by atoms with van der Waals surface area (Å²) in [4.78, 5) is 9.14. The standard InChI is InChI=1S/C20H20FN5O/c1-12-20(2,3)16-18(22-12)23-17(24-19(16)27-4)15-9-10-26(25-15)11-13-7-5-6-8-14(13)21/h5-10H,1,11H2,2-4H3,(H,22,23,24). The molecule has 1 N–H and O–H groups in total. The van der Waals surface area contributed by atoms with Crippen molar-refractivity contribution in [3.05, 3.63) is 65.7 Å². The smallest absolute Gasteiger partial charge is 0.223 e. The van der Waals surface area contributed by atoms with E-state index in [1.165, 1.54) is 6.07 Å². The highest BCUT2D eigenvalue weighted by Crippen LogP contribution is 2.46. The van der Waals surface area contributed by atoms with Crippen molar-refractivity contribution in [3.63, 3.8) is 0 Å². The van der Waals surface area contributed by atoms with Crippen LogP contribution >= 0.6 is 0 Å². The molecule has 0 saturated carbocycles. The first-order valence-corrected chi connectivity index (χ1v) is 8.60. The first-order chi connectivity index (χ1) is 12.9. The van der Waals surface area contributed by atoms with Gasteiger partial charge in [-0.15, -0.1) is 0 Å². The summed E-state index contributed by atoms with van der Waals surface area (Å²) in [6.07, 6.45) is 1.78. The minimum atomic E-state index is -0.330. The van der Waals surface area contributed by atoms with Gasteiger partial charge in [0.1, 0.15) is 17.3 Å². The minimum absolute atomic E-state index is 0.255. The third-order valence-corrected chi connectivity index (χ3v) is 4.88. The van der Waals surface area contributed by atoms with Crippen molar-refractivity contribution in [3.8, 4) is 17.4 Å². The molecule has 6 nitrogen and oxygen atoms in total. The molecule has 7 heteroatoms. The van der Waals surface area contributed by atoms with Gasteiger partial charge in [0.15, 0.2) is 5.82 Å². The van der Waals surface area contributed by atoms with Crippen molar-refractivity contribution in [2.45, 2.75) is 25.8 Å². The maximum Gasteiger partial charge on any atom is 0.223 e. The summed E-state index contributed by atoms with van der Waals surface area (Å²) >= 11 is 0. The predicted octanol–water partition coefficient (Wildman–Crippen LogP) is 3.75. The van der Waals surface area contributed by atoms with E-state index >= 15 is 0 Å². The Morgan fingerprint density at radius 1 is 1.22 bits per heavy atom. The second-order valence-corrected chi connectivity index (χ2v) is 7.00. The van der Waals surface area contributed by atoms with Crippen LogP contribution in [0.3, 0.4) is 0 Å². The highest BCUT2D eigenvalue weighted by molar-refractivity contribution is 5.69. The van der Waals surface area contributed by atoms with Crippen molar-refractivity contribution in [1.82, 2.24) is 19.7 Å². The van der Waals surface area contributed by atoms with Crippen molar-refractivity contribution in [2.75, 3.05) is 12.4 Å². The number of ether oxygens (including phenoxy) is 1. The SMILES string of the molecule is C=C1Nc2nc(-c3ccn(Cc4ccccc4F)n3)nc(OC)c2C1(C)C. The van der Waals surface area contributed by atoms with Crippen molar-refractivity contribution >= 4 is 5.82 Å². The largest absolute Gasteiger partial charge is 0.481 e. The quantitative estimate of drug-likeness (QED) is 0.763. The van der Waals surface area contributed by atoms with Crippen LogP contribution in [0.5, 0.6) is 5.88 Å². The molecular weight excluding hydrogens is 345 g/mol. The Kier molecular flexibility index (Phi) is 3.95. The van der Waals surface area contributed by atoms with Crippen LogP contribution in [-0.2, 0) is 12.0 Å². The van der Waals surface area contributed by atoms with Crippen molar-refractivity contribution in [2.24, 2.45) is 0 Å². The molecule has 1 aliphatic heterocycles. The van der Waals surface area contributed by atoms with Crippen LogP contribution in [0, 0.1) is 5.82 Å². The number of nitrogens with one attached hydrogen (secondary N) is 1. The van der Waals surface area contributed by atoms with Crippen molar-refractivity contribution < 1.29 is 9.13 Å². The number of anilines is 1. The topological polar surface area (TPSA) is 64.9 Å². The number of rotatable bonds is 4. The van der Waals surface area contributed by atoms with Gasteiger partial charge in [-0.2, -0.15) is 10.1 Å². The van der Waals surface area contributed by atoms with Crippen LogP contribution in [0.1, 0.15) is 25.0 Å². The molecule has 3 heterocycles. The number of methoxy groups -OCH3 is 1. The molecule has 0 unspecified atom stereocenters. The van der Waals surface area contributed by atoms with Gasteiger partial charge in [0.05, 0.1) is 19.2 Å². The monoisotopic (exact) mass is 365 g/mol. The fraction of sp³-hybridized carbons (Fsp3) is 0.250. The maximum absolute atomic E-state index is 13.9. The first-order valence-electron chi connectivity index (χ1n) is 8.60. The maximum atomic E-state index is 13.9. The Hall–Kier alpha value is -3.22. The molecular formula is C20H20FN5O. The molecule has 4 rings (SSSR count). The van der Waals surface area contributed by atoms with Crippen LogP contribution < -0.4 is 10.1 Å². The van der Waals surface area contributed by atoms with Crippen LogP contribution in [0.25, 0.3) is 11.5 Å². The van der Waals surface area contributed by atoms with Gasteiger partial charge in [-0.25, -0.2) is 9.37 Å². The molecule has 0 spiro atoms. The minimum Gasteiger partial charge on any atom is -0.481 e. The lowest BCUT2D eigenvalue weighted by atomic mass is 9.85. The van der Waals surface area contributed by atoms with E-state index in [1.54, 1.807) is 42.3 Å². The summed E-state index contributed by atoms with van der Waals surface area (Å²) in [5, 5.41) is 7.71. The highest BCUT2D eigenvalue weighted by Gasteiger charge is 2.39. The second-order valence-electron chi connectivity index (χ2n) is 7.00. The summed E-state index contributed by atoms with van der Waals surface area (Å²) in [7, 11) is 1.58. The summed E-state index contributed by atoms with van der Waals surface area (Å²) in [5.74, 6) is 1.36. The third kappa shape index (κ3) is 2.85. The van der Waals surface area contributed by atoms with Gasteiger partial charge in [-0.05, 0) is 26.0 Å². The fourth-order valence-electron chi connectivity index (χ4n) is 3.18. The molecule has 0 amide bonds. The molecule has 0 atom stereocenters. The van der Waals surface area contributed by atoms with E-state index in [0.717, 1.165) is 11.3 Å². The van der Waals surface area contributed by atoms with Gasteiger partial charge >= 0.3 is 0 Å². The van der Waals surface area contributed by atoms with E-state index < -0.39 is 0 Å². The van der Waals surface area contributed by atoms with Gasteiger partial charge in [0.25, 0.3) is 0 Å². The van der Waals surface area contributed by atoms with Crippen LogP contribution in [0.2, 0.25) is 0 Å². The average Bonchev–Trinajstić information content (AvgIpc) is 3.19. The Labute approximate surface area is 156 Å². The lowest BCUT2D eigenvalue weighted by molar-refractivity contribution is 0.385. The first kappa shape index (κ1) is 17.2. The molecule has 0 radical (unpaired) electrons. The van der Waals surface area contributed by atoms with Crippen LogP contribution in [0.15, 0.2) is 48.8 Å². The fourth-order valence-corrected chi connectivity index (χ4v) is 3.18. The van der Waals surface area contributed by atoms with Gasteiger partial charge < -0.3 is 10.1 Å². The van der Waals surface area contributed by atoms with Gasteiger partial charge in [-0.3, -0.25) is 4.68 Å². The average molecular weight is 365 g/mol. The lowest BCUT2D eigenvalue weighted by Gasteiger charge is -2.20. The molecule has 27 heavy (non-hydrogen) atoms. The molecule has 1 aromatic carbocycles. The van der Waals surface area contributed by atoms with E-state index in [-0.39, 0.29) is 11.2 Å². The number of benzene rings is 1. The highest BCUT2D eigenvalue weighted by atomic mass is 19.1. The number of allylic oxidation sites excluding steroid dienone is 1. The normalized spacial score (nSPS) is 14.7. The molecule has 3 aromatic rings. The number of nitrogens with zero attached hydrogens (tertiary/aromatic N) is 4. The van der Waals surface area contributed by atoms with Crippen molar-refractivity contribution in [1.29, 1.82) is 0 Å². The third-order valence-electron chi connectivity index (χ3n) is 4.88. The summed E-state index contributed by atoms with van der Waals surface area (Å²) in [6, 6.07) is 8.45. The summed E-state index contributed by atoms with van der Waals surface area (Å²) in [6.45, 7) is 8.49. The van der Waals surface area contributed by atoms with E-state index in [0.29, 0.717) is 35.3 Å². The van der Waals surface area contributed by atoms with Gasteiger partial charge in [-0.1, -0.05) is 24.8 Å². The number of halogens is 1. The Balaban J connectivity index is 1.70. The van der Waals surface area contributed by atoms with E-state index in [4.69, 9.17) is 4.74 Å². The number of fused-ring (bicyclic) bond motifs is 1. The summed E-state index contributed by atoms with van der Waals surface area (Å²) < 4.78 is 21.0. The predicted molar refractivity (Wildman–Crippen MR) is 101 cm³/mol. The molecule has 2 aromatic heterocycles. The van der Waals surface area contributed by atoms with Crippen LogP contribution in [-0.4, -0.2) is 26.9 Å². The Bertz CT molecular complexity index is 1040. The molecule has 1 aliphatic rings. The molecule has 0 aliphatic carbocycles. The number of hydrogen-bond donors (Lipinski definition) is 1. The Morgan fingerprint density at radius 3 is 2.74 bits per heavy atom. The summed E-state index contributed by atoms with van der Waals surface area (Å²) in [5.41, 5.74) is 2.55. The second kappa shape index (κ2) is 6.19. The van der Waals surface area contributed by atoms with E-state index in [9.17, 15) is 4.39 Å². The zero-order valence-electron chi connectivity index (χ0n) is 15.5. The molecule has 0 saturated heterocycles.